The number of carboxylic acids is 1. The van der Waals surface area contributed by atoms with Gasteiger partial charge in [-0.25, -0.2) is 4.79 Å². The van der Waals surface area contributed by atoms with Gasteiger partial charge in [-0.05, 0) is 19.4 Å². The van der Waals surface area contributed by atoms with Crippen molar-refractivity contribution in [2.24, 2.45) is 5.11 Å². The molecule has 4 atom stereocenters. The van der Waals surface area contributed by atoms with Gasteiger partial charge in [-0.1, -0.05) is 5.11 Å². The third-order valence-corrected chi connectivity index (χ3v) is 2.44. The quantitative estimate of drug-likeness (QED) is 0.423. The summed E-state index contributed by atoms with van der Waals surface area (Å²) in [6.45, 7) is 3.36. The van der Waals surface area contributed by atoms with Crippen molar-refractivity contribution in [3.63, 3.8) is 0 Å². The van der Waals surface area contributed by atoms with E-state index in [1.54, 1.807) is 13.8 Å². The molecule has 88 valence electrons. The zero-order valence-corrected chi connectivity index (χ0v) is 8.73. The number of hydrogen-bond acceptors (Lipinski definition) is 5. The molecule has 16 heavy (non-hydrogen) atoms. The molecule has 0 radical (unpaired) electrons. The second kappa shape index (κ2) is 3.60. The Bertz CT molecular complexity index is 365. The summed E-state index contributed by atoms with van der Waals surface area (Å²) in [6.07, 6.45) is -2.69. The molecule has 0 spiro atoms. The molecule has 0 amide bonds. The largest absolute Gasteiger partial charge is 0.479 e. The predicted octanol–water partition coefficient (Wildman–Crippen LogP) is 0.626. The fourth-order valence-electron chi connectivity index (χ4n) is 1.88. The molecule has 2 aliphatic rings. The maximum atomic E-state index is 10.9. The number of rotatable bonds is 2. The van der Waals surface area contributed by atoms with E-state index in [1.807, 2.05) is 0 Å². The molecule has 0 aromatic rings. The van der Waals surface area contributed by atoms with Crippen molar-refractivity contribution in [3.8, 4) is 0 Å². The molecule has 0 unspecified atom stereocenters. The zero-order valence-electron chi connectivity index (χ0n) is 8.73. The van der Waals surface area contributed by atoms with E-state index < -0.39 is 36.3 Å². The third kappa shape index (κ3) is 1.72. The van der Waals surface area contributed by atoms with Crippen LogP contribution >= 0.6 is 0 Å². The second-order valence-electron chi connectivity index (χ2n) is 4.06. The number of aliphatic carboxylic acids is 1. The monoisotopic (exact) mass is 229 g/mol. The van der Waals surface area contributed by atoms with Crippen molar-refractivity contribution in [3.05, 3.63) is 10.4 Å². The topological polar surface area (TPSA) is 114 Å². The first-order valence-corrected chi connectivity index (χ1v) is 4.73. The van der Waals surface area contributed by atoms with Crippen LogP contribution in [-0.4, -0.2) is 41.4 Å². The molecule has 0 bridgehead atoms. The molecule has 0 aromatic heterocycles. The van der Waals surface area contributed by atoms with Crippen molar-refractivity contribution >= 4 is 5.97 Å². The highest BCUT2D eigenvalue weighted by molar-refractivity contribution is 5.74. The number of azide groups is 1. The average molecular weight is 229 g/mol. The van der Waals surface area contributed by atoms with Gasteiger partial charge >= 0.3 is 5.97 Å². The van der Waals surface area contributed by atoms with Crippen LogP contribution in [0.25, 0.3) is 10.4 Å². The average Bonchev–Trinajstić information content (AvgIpc) is 2.60. The smallest absolute Gasteiger partial charge is 0.333 e. The molecule has 0 aliphatic carbocycles. The summed E-state index contributed by atoms with van der Waals surface area (Å²) in [7, 11) is 0. The number of carbonyl (C=O) groups is 1. The molecule has 8 nitrogen and oxygen atoms in total. The van der Waals surface area contributed by atoms with Gasteiger partial charge in [-0.15, -0.1) is 0 Å². The van der Waals surface area contributed by atoms with Gasteiger partial charge < -0.3 is 19.3 Å². The van der Waals surface area contributed by atoms with Crippen LogP contribution in [0.1, 0.15) is 13.8 Å². The van der Waals surface area contributed by atoms with Gasteiger partial charge in [-0.2, -0.15) is 0 Å². The lowest BCUT2D eigenvalue weighted by Crippen LogP contribution is -2.37. The molecule has 2 fully saturated rings. The van der Waals surface area contributed by atoms with Crippen LogP contribution in [0.15, 0.2) is 5.11 Å². The maximum absolute atomic E-state index is 10.9. The SMILES string of the molecule is CC1(C)O[C@H]2O[C@H](C(=O)O)[C@H](N=[N+]=[N-])[C@@H]2O1. The fraction of sp³-hybridized carbons (Fsp3) is 0.875. The normalized spacial score (nSPS) is 40.1. The van der Waals surface area contributed by atoms with E-state index in [0.717, 1.165) is 0 Å². The number of ether oxygens (including phenoxy) is 3. The van der Waals surface area contributed by atoms with Crippen LogP contribution in [0.4, 0.5) is 0 Å². The minimum absolute atomic E-state index is 0.674. The Balaban J connectivity index is 2.23. The summed E-state index contributed by atoms with van der Waals surface area (Å²) in [5.74, 6) is -2.06. The molecule has 2 heterocycles. The Labute approximate surface area is 90.7 Å². The van der Waals surface area contributed by atoms with Crippen LogP contribution in [0.3, 0.4) is 0 Å². The lowest BCUT2D eigenvalue weighted by molar-refractivity contribution is -0.211. The van der Waals surface area contributed by atoms with Crippen molar-refractivity contribution < 1.29 is 24.1 Å². The summed E-state index contributed by atoms with van der Waals surface area (Å²) in [5.41, 5.74) is 8.39. The van der Waals surface area contributed by atoms with E-state index in [-0.39, 0.29) is 0 Å². The van der Waals surface area contributed by atoms with Gasteiger partial charge in [0.2, 0.25) is 0 Å². The maximum Gasteiger partial charge on any atom is 0.333 e. The molecular formula is C8H11N3O5. The molecule has 2 aliphatic heterocycles. The minimum atomic E-state index is -1.22. The van der Waals surface area contributed by atoms with Crippen molar-refractivity contribution in [1.82, 2.24) is 0 Å². The van der Waals surface area contributed by atoms with E-state index in [1.165, 1.54) is 0 Å². The van der Waals surface area contributed by atoms with Gasteiger partial charge in [0.15, 0.2) is 18.2 Å². The first kappa shape index (κ1) is 11.2. The van der Waals surface area contributed by atoms with Gasteiger partial charge in [0, 0.05) is 4.91 Å². The summed E-state index contributed by atoms with van der Waals surface area (Å²) < 4.78 is 15.9. The van der Waals surface area contributed by atoms with Crippen LogP contribution in [0.2, 0.25) is 0 Å². The molecule has 2 saturated heterocycles. The first-order valence-electron chi connectivity index (χ1n) is 4.73. The number of hydrogen-bond donors (Lipinski definition) is 1. The van der Waals surface area contributed by atoms with Gasteiger partial charge in [-0.3, -0.25) is 0 Å². The predicted molar refractivity (Wildman–Crippen MR) is 49.3 cm³/mol. The Kier molecular flexibility index (Phi) is 2.51. The van der Waals surface area contributed by atoms with E-state index in [9.17, 15) is 4.79 Å². The summed E-state index contributed by atoms with van der Waals surface area (Å²) in [5, 5.41) is 12.3. The van der Waals surface area contributed by atoms with Crippen LogP contribution in [0.5, 0.6) is 0 Å². The zero-order chi connectivity index (χ0) is 11.9. The Morgan fingerprint density at radius 1 is 1.50 bits per heavy atom. The summed E-state index contributed by atoms with van der Waals surface area (Å²) in [6, 6.07) is -0.908. The highest BCUT2D eigenvalue weighted by Gasteiger charge is 2.56. The van der Waals surface area contributed by atoms with Crippen molar-refractivity contribution in [2.75, 3.05) is 0 Å². The third-order valence-electron chi connectivity index (χ3n) is 2.44. The second-order valence-corrected chi connectivity index (χ2v) is 4.06. The van der Waals surface area contributed by atoms with E-state index >= 15 is 0 Å². The highest BCUT2D eigenvalue weighted by Crippen LogP contribution is 2.38. The van der Waals surface area contributed by atoms with Gasteiger partial charge in [0.05, 0.1) is 0 Å². The van der Waals surface area contributed by atoms with Gasteiger partial charge in [0.25, 0.3) is 0 Å². The molecule has 8 heteroatoms. The number of fused-ring (bicyclic) bond motifs is 1. The highest BCUT2D eigenvalue weighted by atomic mass is 16.8. The summed E-state index contributed by atoms with van der Waals surface area (Å²) >= 11 is 0. The molecular weight excluding hydrogens is 218 g/mol. The number of carboxylic acid groups (broad SMARTS) is 1. The van der Waals surface area contributed by atoms with Crippen LogP contribution in [-0.2, 0) is 19.0 Å². The lowest BCUT2D eigenvalue weighted by Gasteiger charge is -2.21. The molecule has 0 aromatic carbocycles. The summed E-state index contributed by atoms with van der Waals surface area (Å²) in [4.78, 5) is 13.5. The Hall–Kier alpha value is -1.34. The van der Waals surface area contributed by atoms with Crippen molar-refractivity contribution in [1.29, 1.82) is 0 Å². The first-order chi connectivity index (χ1) is 7.44. The van der Waals surface area contributed by atoms with Crippen molar-refractivity contribution in [2.45, 2.75) is 44.2 Å². The Morgan fingerprint density at radius 2 is 2.19 bits per heavy atom. The lowest BCUT2D eigenvalue weighted by atomic mass is 10.1. The Morgan fingerprint density at radius 3 is 2.75 bits per heavy atom. The van der Waals surface area contributed by atoms with Crippen LogP contribution < -0.4 is 0 Å². The molecule has 2 rings (SSSR count). The minimum Gasteiger partial charge on any atom is -0.479 e. The standard InChI is InChI=1S/C8H11N3O5/c1-8(2)15-5-3(10-11-9)4(6(12)13)14-7(5)16-8/h3-5,7H,1-2H3,(H,12,13)/t3-,4-,5-,7+/m0/s1. The molecule has 1 N–H and O–H groups in total. The fourth-order valence-corrected chi connectivity index (χ4v) is 1.88. The van der Waals surface area contributed by atoms with E-state index in [4.69, 9.17) is 24.8 Å². The molecule has 0 saturated carbocycles. The van der Waals surface area contributed by atoms with E-state index in [0.29, 0.717) is 0 Å². The van der Waals surface area contributed by atoms with Crippen LogP contribution in [0, 0.1) is 0 Å². The van der Waals surface area contributed by atoms with Gasteiger partial charge in [0.1, 0.15) is 12.1 Å². The number of nitrogens with zero attached hydrogens (tertiary/aromatic N) is 3. The van der Waals surface area contributed by atoms with E-state index in [2.05, 4.69) is 10.0 Å².